The van der Waals surface area contributed by atoms with Crippen molar-refractivity contribution in [1.82, 2.24) is 4.57 Å². The van der Waals surface area contributed by atoms with Crippen molar-refractivity contribution in [2.75, 3.05) is 0 Å². The average Bonchev–Trinajstić information content (AvgIpc) is 2.54. The lowest BCUT2D eigenvalue weighted by molar-refractivity contribution is 0.573. The van der Waals surface area contributed by atoms with Gasteiger partial charge in [0.2, 0.25) is 0 Å². The molecule has 2 nitrogen and oxygen atoms in total. The standard InChI is InChI=1S/C14H22N2.C2H6/c1-9(2)12-11(8-15)16(7)10(3)13(12)14(4,5)6;1-2/h9H,1-7H3;1-2H3. The fourth-order valence-electron chi connectivity index (χ4n) is 2.47. The normalized spacial score (nSPS) is 10.9. The highest BCUT2D eigenvalue weighted by Crippen LogP contribution is 2.36. The van der Waals surface area contributed by atoms with Crippen LogP contribution in [0.25, 0.3) is 0 Å². The molecular weight excluding hydrogens is 220 g/mol. The van der Waals surface area contributed by atoms with E-state index in [2.05, 4.69) is 47.6 Å². The fourth-order valence-corrected chi connectivity index (χ4v) is 2.47. The van der Waals surface area contributed by atoms with Crippen LogP contribution < -0.4 is 0 Å². The lowest BCUT2D eigenvalue weighted by Crippen LogP contribution is -2.15. The largest absolute Gasteiger partial charge is 0.339 e. The molecule has 0 aliphatic rings. The minimum Gasteiger partial charge on any atom is -0.339 e. The molecule has 0 spiro atoms. The van der Waals surface area contributed by atoms with E-state index in [9.17, 15) is 5.26 Å². The Morgan fingerprint density at radius 1 is 1.17 bits per heavy atom. The third-order valence-corrected chi connectivity index (χ3v) is 3.16. The van der Waals surface area contributed by atoms with Crippen LogP contribution in [-0.4, -0.2) is 4.57 Å². The first-order valence-electron chi connectivity index (χ1n) is 6.81. The summed E-state index contributed by atoms with van der Waals surface area (Å²) in [7, 11) is 1.98. The smallest absolute Gasteiger partial charge is 0.123 e. The lowest BCUT2D eigenvalue weighted by Gasteiger charge is -2.22. The number of nitriles is 1. The summed E-state index contributed by atoms with van der Waals surface area (Å²) < 4.78 is 2.02. The first kappa shape index (κ1) is 16.8. The van der Waals surface area contributed by atoms with E-state index in [1.807, 2.05) is 25.5 Å². The Balaban J connectivity index is 0.00000137. The first-order chi connectivity index (χ1) is 8.21. The Labute approximate surface area is 113 Å². The van der Waals surface area contributed by atoms with Crippen LogP contribution in [0.5, 0.6) is 0 Å². The van der Waals surface area contributed by atoms with Crippen LogP contribution in [0, 0.1) is 18.3 Å². The van der Waals surface area contributed by atoms with Gasteiger partial charge in [0.05, 0.1) is 0 Å². The second-order valence-electron chi connectivity index (χ2n) is 5.80. The van der Waals surface area contributed by atoms with Gasteiger partial charge in [-0.1, -0.05) is 48.5 Å². The van der Waals surface area contributed by atoms with E-state index in [0.29, 0.717) is 5.92 Å². The maximum atomic E-state index is 9.28. The van der Waals surface area contributed by atoms with Gasteiger partial charge in [0, 0.05) is 12.7 Å². The summed E-state index contributed by atoms with van der Waals surface area (Å²) >= 11 is 0. The molecule has 0 amide bonds. The minimum atomic E-state index is 0.0938. The Kier molecular flexibility index (Phi) is 5.67. The molecule has 1 heterocycles. The summed E-state index contributed by atoms with van der Waals surface area (Å²) in [5.41, 5.74) is 4.68. The average molecular weight is 248 g/mol. The number of aromatic nitrogens is 1. The van der Waals surface area contributed by atoms with Crippen molar-refractivity contribution in [2.45, 2.75) is 66.7 Å². The van der Waals surface area contributed by atoms with Crippen LogP contribution >= 0.6 is 0 Å². The van der Waals surface area contributed by atoms with Crippen LogP contribution in [0.15, 0.2) is 0 Å². The van der Waals surface area contributed by atoms with Crippen LogP contribution in [0.2, 0.25) is 0 Å². The first-order valence-corrected chi connectivity index (χ1v) is 6.81. The number of nitrogens with zero attached hydrogens (tertiary/aromatic N) is 2. The minimum absolute atomic E-state index is 0.0938. The third kappa shape index (κ3) is 2.96. The Bertz CT molecular complexity index is 437. The van der Waals surface area contributed by atoms with Crippen molar-refractivity contribution >= 4 is 0 Å². The van der Waals surface area contributed by atoms with E-state index in [4.69, 9.17) is 0 Å². The molecule has 0 atom stereocenters. The van der Waals surface area contributed by atoms with Gasteiger partial charge in [0.25, 0.3) is 0 Å². The van der Waals surface area contributed by atoms with Crippen molar-refractivity contribution in [3.63, 3.8) is 0 Å². The van der Waals surface area contributed by atoms with E-state index in [-0.39, 0.29) is 5.41 Å². The van der Waals surface area contributed by atoms with Crippen LogP contribution in [0.1, 0.15) is 76.9 Å². The zero-order valence-electron chi connectivity index (χ0n) is 13.5. The second kappa shape index (κ2) is 6.09. The van der Waals surface area contributed by atoms with Gasteiger partial charge < -0.3 is 4.57 Å². The SMILES string of the molecule is CC.Cc1c(C(C)(C)C)c(C(C)C)c(C#N)n1C. The zero-order chi connectivity index (χ0) is 14.7. The molecule has 18 heavy (non-hydrogen) atoms. The van der Waals surface area contributed by atoms with Gasteiger partial charge in [-0.25, -0.2) is 0 Å². The van der Waals surface area contributed by atoms with E-state index in [1.54, 1.807) is 0 Å². The van der Waals surface area contributed by atoms with Crippen LogP contribution in [-0.2, 0) is 12.5 Å². The summed E-state index contributed by atoms with van der Waals surface area (Å²) in [4.78, 5) is 0. The van der Waals surface area contributed by atoms with Gasteiger partial charge >= 0.3 is 0 Å². The van der Waals surface area contributed by atoms with Crippen molar-refractivity contribution < 1.29 is 0 Å². The van der Waals surface area contributed by atoms with E-state index >= 15 is 0 Å². The molecule has 0 bridgehead atoms. The molecule has 0 aliphatic heterocycles. The number of hydrogen-bond donors (Lipinski definition) is 0. The molecule has 1 rings (SSSR count). The van der Waals surface area contributed by atoms with Gasteiger partial charge in [0.1, 0.15) is 11.8 Å². The molecule has 0 aromatic carbocycles. The highest BCUT2D eigenvalue weighted by molar-refractivity contribution is 5.49. The molecule has 0 saturated heterocycles. The molecule has 0 fully saturated rings. The Morgan fingerprint density at radius 3 is 1.89 bits per heavy atom. The van der Waals surface area contributed by atoms with Gasteiger partial charge in [0.15, 0.2) is 0 Å². The van der Waals surface area contributed by atoms with E-state index in [1.165, 1.54) is 16.8 Å². The third-order valence-electron chi connectivity index (χ3n) is 3.16. The zero-order valence-corrected chi connectivity index (χ0v) is 13.5. The molecule has 1 aromatic rings. The van der Waals surface area contributed by atoms with Gasteiger partial charge in [-0.2, -0.15) is 5.26 Å². The van der Waals surface area contributed by atoms with Crippen molar-refractivity contribution in [3.8, 4) is 6.07 Å². The maximum Gasteiger partial charge on any atom is 0.123 e. The van der Waals surface area contributed by atoms with Crippen LogP contribution in [0.3, 0.4) is 0 Å². The second-order valence-corrected chi connectivity index (χ2v) is 5.80. The summed E-state index contributed by atoms with van der Waals surface area (Å²) in [6.07, 6.45) is 0. The lowest BCUT2D eigenvalue weighted by atomic mass is 9.81. The molecule has 0 radical (unpaired) electrons. The quantitative estimate of drug-likeness (QED) is 0.711. The van der Waals surface area contributed by atoms with Gasteiger partial charge in [-0.05, 0) is 29.4 Å². The maximum absolute atomic E-state index is 9.28. The summed E-state index contributed by atoms with van der Waals surface area (Å²) in [6, 6.07) is 2.34. The molecule has 2 heteroatoms. The molecule has 1 aromatic heterocycles. The molecular formula is C16H28N2. The van der Waals surface area contributed by atoms with Gasteiger partial charge in [-0.15, -0.1) is 0 Å². The Hall–Kier alpha value is -1.23. The van der Waals surface area contributed by atoms with Crippen molar-refractivity contribution in [2.24, 2.45) is 7.05 Å². The molecule has 102 valence electrons. The highest BCUT2D eigenvalue weighted by Gasteiger charge is 2.28. The van der Waals surface area contributed by atoms with Crippen molar-refractivity contribution in [3.05, 3.63) is 22.5 Å². The Morgan fingerprint density at radius 2 is 1.61 bits per heavy atom. The molecule has 0 unspecified atom stereocenters. The monoisotopic (exact) mass is 248 g/mol. The number of rotatable bonds is 1. The van der Waals surface area contributed by atoms with E-state index in [0.717, 1.165) is 5.69 Å². The fraction of sp³-hybridized carbons (Fsp3) is 0.688. The summed E-state index contributed by atoms with van der Waals surface area (Å²) in [5, 5.41) is 9.28. The predicted octanol–water partition coefficient (Wildman–Crippen LogP) is 4.65. The summed E-state index contributed by atoms with van der Waals surface area (Å²) in [6.45, 7) is 17.1. The van der Waals surface area contributed by atoms with Crippen molar-refractivity contribution in [1.29, 1.82) is 5.26 Å². The molecule has 0 saturated carbocycles. The predicted molar refractivity (Wildman–Crippen MR) is 79.0 cm³/mol. The molecule has 0 N–H and O–H groups in total. The topological polar surface area (TPSA) is 28.7 Å². The number of hydrogen-bond acceptors (Lipinski definition) is 1. The van der Waals surface area contributed by atoms with E-state index < -0.39 is 0 Å². The van der Waals surface area contributed by atoms with Crippen LogP contribution in [0.4, 0.5) is 0 Å². The molecule has 0 aliphatic carbocycles. The summed E-state index contributed by atoms with van der Waals surface area (Å²) in [5.74, 6) is 0.392. The van der Waals surface area contributed by atoms with Gasteiger partial charge in [-0.3, -0.25) is 0 Å². The highest BCUT2D eigenvalue weighted by atomic mass is 15.0.